The number of fused-ring (bicyclic) bond motifs is 1. The molecule has 0 radical (unpaired) electrons. The predicted octanol–water partition coefficient (Wildman–Crippen LogP) is -0.303. The van der Waals surface area contributed by atoms with Crippen LogP contribution >= 0.6 is 0 Å². The van der Waals surface area contributed by atoms with E-state index in [-0.39, 0.29) is 18.0 Å². The zero-order valence-corrected chi connectivity index (χ0v) is 12.3. The maximum atomic E-state index is 12.2. The van der Waals surface area contributed by atoms with Crippen LogP contribution in [0.3, 0.4) is 0 Å². The molecule has 21 heavy (non-hydrogen) atoms. The van der Waals surface area contributed by atoms with Crippen LogP contribution in [0.5, 0.6) is 11.5 Å². The maximum absolute atomic E-state index is 12.2. The molecule has 7 nitrogen and oxygen atoms in total. The maximum Gasteiger partial charge on any atom is 0.235 e. The fourth-order valence-corrected chi connectivity index (χ4v) is 3.03. The summed E-state index contributed by atoms with van der Waals surface area (Å²) >= 11 is 0. The number of nitrogens with one attached hydrogen (secondary N) is 1. The Kier molecular flexibility index (Phi) is 5.03. The highest BCUT2D eigenvalue weighted by Gasteiger charge is 2.21. The number of sulfone groups is 1. The average molecular weight is 314 g/mol. The number of benzene rings is 1. The first kappa shape index (κ1) is 15.6. The van der Waals surface area contributed by atoms with Crippen LogP contribution in [0.25, 0.3) is 0 Å². The van der Waals surface area contributed by atoms with Gasteiger partial charge < -0.3 is 20.5 Å². The van der Waals surface area contributed by atoms with Gasteiger partial charge in [0.15, 0.2) is 21.3 Å². The van der Waals surface area contributed by atoms with Crippen LogP contribution in [0.1, 0.15) is 6.42 Å². The lowest BCUT2D eigenvalue weighted by Gasteiger charge is -2.10. The van der Waals surface area contributed by atoms with E-state index >= 15 is 0 Å². The molecule has 0 aromatic heterocycles. The Morgan fingerprint density at radius 2 is 1.95 bits per heavy atom. The minimum absolute atomic E-state index is 0.0367. The highest BCUT2D eigenvalue weighted by molar-refractivity contribution is 7.92. The number of carbonyl (C=O) groups is 1. The summed E-state index contributed by atoms with van der Waals surface area (Å²) in [6, 6.07) is 4.36. The molecule has 0 fully saturated rings. The minimum Gasteiger partial charge on any atom is -0.490 e. The SMILES string of the molecule is NCCNC(=O)CS(=O)(=O)c1ccc2c(c1)OCCCO2. The second-order valence-electron chi connectivity index (χ2n) is 4.56. The van der Waals surface area contributed by atoms with Gasteiger partial charge in [-0.2, -0.15) is 0 Å². The molecule has 1 amide bonds. The molecule has 1 aliphatic rings. The van der Waals surface area contributed by atoms with Gasteiger partial charge in [0.25, 0.3) is 0 Å². The largest absolute Gasteiger partial charge is 0.490 e. The van der Waals surface area contributed by atoms with E-state index < -0.39 is 21.5 Å². The molecule has 8 heteroatoms. The Hall–Kier alpha value is -1.80. The Balaban J connectivity index is 2.16. The normalized spacial score (nSPS) is 14.3. The molecule has 1 aromatic rings. The smallest absolute Gasteiger partial charge is 0.235 e. The van der Waals surface area contributed by atoms with Crippen LogP contribution in [0.2, 0.25) is 0 Å². The molecular formula is C13H18N2O5S. The van der Waals surface area contributed by atoms with Gasteiger partial charge in [-0.25, -0.2) is 8.42 Å². The van der Waals surface area contributed by atoms with Crippen molar-refractivity contribution >= 4 is 15.7 Å². The van der Waals surface area contributed by atoms with E-state index in [1.807, 2.05) is 0 Å². The number of carbonyl (C=O) groups excluding carboxylic acids is 1. The van der Waals surface area contributed by atoms with Crippen LogP contribution in [0, 0.1) is 0 Å². The van der Waals surface area contributed by atoms with Crippen LogP contribution in [-0.4, -0.2) is 46.4 Å². The summed E-state index contributed by atoms with van der Waals surface area (Å²) in [5.41, 5.74) is 5.25. The second kappa shape index (κ2) is 6.77. The number of hydrogen-bond acceptors (Lipinski definition) is 6. The molecule has 116 valence electrons. The monoisotopic (exact) mass is 314 g/mol. The lowest BCUT2D eigenvalue weighted by molar-refractivity contribution is -0.118. The van der Waals surface area contributed by atoms with Gasteiger partial charge in [0.2, 0.25) is 5.91 Å². The fraction of sp³-hybridized carbons (Fsp3) is 0.462. The molecule has 1 heterocycles. The van der Waals surface area contributed by atoms with Gasteiger partial charge in [0.05, 0.1) is 18.1 Å². The number of nitrogens with two attached hydrogens (primary N) is 1. The molecule has 0 unspecified atom stereocenters. The standard InChI is InChI=1S/C13H18N2O5S/c14-4-5-15-13(16)9-21(17,18)10-2-3-11-12(8-10)20-7-1-6-19-11/h2-3,8H,1,4-7,9,14H2,(H,15,16). The zero-order chi connectivity index (χ0) is 15.3. The van der Waals surface area contributed by atoms with Gasteiger partial charge in [-0.3, -0.25) is 4.79 Å². The van der Waals surface area contributed by atoms with Gasteiger partial charge in [-0.05, 0) is 12.1 Å². The van der Waals surface area contributed by atoms with Crippen molar-refractivity contribution < 1.29 is 22.7 Å². The number of amides is 1. The zero-order valence-electron chi connectivity index (χ0n) is 11.5. The lowest BCUT2D eigenvalue weighted by Crippen LogP contribution is -2.33. The molecule has 1 aliphatic heterocycles. The molecule has 3 N–H and O–H groups in total. The second-order valence-corrected chi connectivity index (χ2v) is 6.55. The third-order valence-electron chi connectivity index (χ3n) is 2.87. The molecule has 0 saturated heterocycles. The Morgan fingerprint density at radius 1 is 1.24 bits per heavy atom. The molecular weight excluding hydrogens is 296 g/mol. The van der Waals surface area contributed by atoms with E-state index in [0.29, 0.717) is 24.7 Å². The highest BCUT2D eigenvalue weighted by Crippen LogP contribution is 2.32. The van der Waals surface area contributed by atoms with E-state index in [2.05, 4.69) is 5.32 Å². The number of hydrogen-bond donors (Lipinski definition) is 2. The summed E-state index contributed by atoms with van der Waals surface area (Å²) in [7, 11) is -3.72. The number of ether oxygens (including phenoxy) is 2. The summed E-state index contributed by atoms with van der Waals surface area (Å²) in [5, 5.41) is 2.43. The van der Waals surface area contributed by atoms with Crippen molar-refractivity contribution in [3.63, 3.8) is 0 Å². The van der Waals surface area contributed by atoms with Crippen LogP contribution in [-0.2, 0) is 14.6 Å². The Morgan fingerprint density at radius 3 is 2.67 bits per heavy atom. The minimum atomic E-state index is -3.72. The third kappa shape index (κ3) is 4.08. The van der Waals surface area contributed by atoms with Crippen molar-refractivity contribution in [1.82, 2.24) is 5.32 Å². The van der Waals surface area contributed by atoms with E-state index in [9.17, 15) is 13.2 Å². The van der Waals surface area contributed by atoms with Crippen molar-refractivity contribution in [1.29, 1.82) is 0 Å². The average Bonchev–Trinajstić information content (AvgIpc) is 2.69. The van der Waals surface area contributed by atoms with Crippen LogP contribution in [0.4, 0.5) is 0 Å². The van der Waals surface area contributed by atoms with Crippen LogP contribution in [0.15, 0.2) is 23.1 Å². The fourth-order valence-electron chi connectivity index (χ4n) is 1.86. The van der Waals surface area contributed by atoms with E-state index in [0.717, 1.165) is 6.42 Å². The summed E-state index contributed by atoms with van der Waals surface area (Å²) in [6.45, 7) is 1.50. The number of rotatable bonds is 5. The summed E-state index contributed by atoms with van der Waals surface area (Å²) in [6.07, 6.45) is 0.734. The first-order valence-electron chi connectivity index (χ1n) is 6.62. The van der Waals surface area contributed by atoms with Gasteiger partial charge in [0, 0.05) is 25.6 Å². The van der Waals surface area contributed by atoms with Gasteiger partial charge in [0.1, 0.15) is 5.75 Å². The summed E-state index contributed by atoms with van der Waals surface area (Å²) < 4.78 is 35.3. The highest BCUT2D eigenvalue weighted by atomic mass is 32.2. The third-order valence-corrected chi connectivity index (χ3v) is 4.48. The summed E-state index contributed by atoms with van der Waals surface area (Å²) in [4.78, 5) is 11.6. The van der Waals surface area contributed by atoms with Crippen molar-refractivity contribution in [2.75, 3.05) is 32.1 Å². The Labute approximate surface area is 123 Å². The van der Waals surface area contributed by atoms with Crippen molar-refractivity contribution in [3.8, 4) is 11.5 Å². The molecule has 0 saturated carbocycles. The molecule has 0 bridgehead atoms. The van der Waals surface area contributed by atoms with Crippen molar-refractivity contribution in [2.24, 2.45) is 5.73 Å². The van der Waals surface area contributed by atoms with Gasteiger partial charge in [-0.15, -0.1) is 0 Å². The van der Waals surface area contributed by atoms with Crippen molar-refractivity contribution in [2.45, 2.75) is 11.3 Å². The first-order valence-corrected chi connectivity index (χ1v) is 8.27. The van der Waals surface area contributed by atoms with E-state index in [1.165, 1.54) is 12.1 Å². The van der Waals surface area contributed by atoms with Crippen LogP contribution < -0.4 is 20.5 Å². The predicted molar refractivity (Wildman–Crippen MR) is 76.2 cm³/mol. The van der Waals surface area contributed by atoms with Gasteiger partial charge in [-0.1, -0.05) is 0 Å². The molecule has 1 aromatic carbocycles. The van der Waals surface area contributed by atoms with E-state index in [1.54, 1.807) is 6.07 Å². The lowest BCUT2D eigenvalue weighted by atomic mass is 10.3. The topological polar surface area (TPSA) is 108 Å². The molecule has 2 rings (SSSR count). The Bertz CT molecular complexity index is 615. The molecule has 0 spiro atoms. The van der Waals surface area contributed by atoms with Crippen molar-refractivity contribution in [3.05, 3.63) is 18.2 Å². The quantitative estimate of drug-likeness (QED) is 0.772. The van der Waals surface area contributed by atoms with Gasteiger partial charge >= 0.3 is 0 Å². The summed E-state index contributed by atoms with van der Waals surface area (Å²) in [5.74, 6) is -0.297. The molecule has 0 atom stereocenters. The van der Waals surface area contributed by atoms with E-state index in [4.69, 9.17) is 15.2 Å². The first-order chi connectivity index (χ1) is 10.0. The molecule has 0 aliphatic carbocycles.